The maximum atomic E-state index is 2.00. The number of hydrogen-bond acceptors (Lipinski definition) is 2. The van der Waals surface area contributed by atoms with Crippen LogP contribution in [-0.2, 0) is 0 Å². The van der Waals surface area contributed by atoms with Crippen molar-refractivity contribution in [1.82, 2.24) is 9.80 Å². The minimum Gasteiger partial charge on any atom is -0.412 e. The minimum absolute atomic E-state index is 0. The van der Waals surface area contributed by atoms with Crippen molar-refractivity contribution in [2.45, 2.75) is 0 Å². The summed E-state index contributed by atoms with van der Waals surface area (Å²) in [6, 6.07) is 0. The Kier molecular flexibility index (Phi) is 61.3. The smallest absolute Gasteiger partial charge is 0.0140 e. The maximum absolute atomic E-state index is 2.00. The van der Waals surface area contributed by atoms with Crippen LogP contribution in [0.25, 0.3) is 0 Å². The summed E-state index contributed by atoms with van der Waals surface area (Å²) >= 11 is 0. The second-order valence-electron chi connectivity index (χ2n) is 2.68. The number of halogens is 2. The van der Waals surface area contributed by atoms with Gasteiger partial charge in [0.05, 0.1) is 0 Å². The van der Waals surface area contributed by atoms with Crippen molar-refractivity contribution < 1.29 is 5.48 Å². The van der Waals surface area contributed by atoms with Crippen LogP contribution in [0.3, 0.4) is 0 Å². The van der Waals surface area contributed by atoms with Crippen molar-refractivity contribution in [1.29, 1.82) is 0 Å². The number of rotatable bonds is 0. The van der Waals surface area contributed by atoms with E-state index in [1.165, 1.54) is 0 Å². The van der Waals surface area contributed by atoms with Gasteiger partial charge >= 0.3 is 0 Å². The fraction of sp³-hybridized carbons (Fsp3) is 1.00. The second-order valence-corrected chi connectivity index (χ2v) is 2.68. The number of hydrogen-bond donors (Lipinski definition) is 0. The molecule has 0 radical (unpaired) electrons. The quantitative estimate of drug-likeness (QED) is 0.578. The third-order valence-electron chi connectivity index (χ3n) is 0. The summed E-state index contributed by atoms with van der Waals surface area (Å²) in [4.78, 5) is 4.00. The molecule has 0 spiro atoms. The van der Waals surface area contributed by atoms with E-state index >= 15 is 0 Å². The SMILES string of the molecule is CN(C)C.CN(C)C.Cl.Cl.O. The van der Waals surface area contributed by atoms with Crippen LogP contribution >= 0.6 is 24.8 Å². The Labute approximate surface area is 82.9 Å². The number of nitrogens with zero attached hydrogens (tertiary/aromatic N) is 2. The summed E-state index contributed by atoms with van der Waals surface area (Å²) in [6.07, 6.45) is 0. The van der Waals surface area contributed by atoms with Crippen molar-refractivity contribution in [3.8, 4) is 0 Å². The van der Waals surface area contributed by atoms with E-state index < -0.39 is 0 Å². The van der Waals surface area contributed by atoms with Gasteiger partial charge < -0.3 is 15.3 Å². The van der Waals surface area contributed by atoms with Gasteiger partial charge in [0.2, 0.25) is 0 Å². The predicted octanol–water partition coefficient (Wildman–Crippen LogP) is 0.374. The van der Waals surface area contributed by atoms with E-state index in [9.17, 15) is 0 Å². The van der Waals surface area contributed by atoms with Gasteiger partial charge in [0.25, 0.3) is 0 Å². The highest BCUT2D eigenvalue weighted by Crippen LogP contribution is 1.48. The highest BCUT2D eigenvalue weighted by molar-refractivity contribution is 5.85. The Morgan fingerprint density at radius 1 is 0.545 bits per heavy atom. The van der Waals surface area contributed by atoms with Gasteiger partial charge in [0.15, 0.2) is 0 Å². The van der Waals surface area contributed by atoms with Crippen LogP contribution in [0.5, 0.6) is 0 Å². The first-order valence-corrected chi connectivity index (χ1v) is 2.68. The molecule has 11 heavy (non-hydrogen) atoms. The molecule has 0 amide bonds. The highest BCUT2D eigenvalue weighted by Gasteiger charge is 1.58. The molecule has 76 valence electrons. The van der Waals surface area contributed by atoms with Crippen LogP contribution < -0.4 is 0 Å². The van der Waals surface area contributed by atoms with E-state index in [1.807, 2.05) is 52.1 Å². The summed E-state index contributed by atoms with van der Waals surface area (Å²) in [5, 5.41) is 0. The normalized spacial score (nSPS) is 6.55. The summed E-state index contributed by atoms with van der Waals surface area (Å²) in [5.74, 6) is 0. The van der Waals surface area contributed by atoms with Crippen LogP contribution in [0, 0.1) is 0 Å². The van der Waals surface area contributed by atoms with E-state index in [4.69, 9.17) is 0 Å². The summed E-state index contributed by atoms with van der Waals surface area (Å²) in [6.45, 7) is 0. The Morgan fingerprint density at radius 2 is 0.545 bits per heavy atom. The largest absolute Gasteiger partial charge is 0.412 e. The van der Waals surface area contributed by atoms with Gasteiger partial charge in [-0.05, 0) is 42.3 Å². The van der Waals surface area contributed by atoms with Crippen molar-refractivity contribution in [3.63, 3.8) is 0 Å². The van der Waals surface area contributed by atoms with E-state index in [0.717, 1.165) is 0 Å². The molecule has 0 aliphatic rings. The first kappa shape index (κ1) is 30.0. The molecule has 0 aliphatic carbocycles. The Morgan fingerprint density at radius 3 is 0.545 bits per heavy atom. The second kappa shape index (κ2) is 22.4. The lowest BCUT2D eigenvalue weighted by molar-refractivity contribution is 0.505. The van der Waals surface area contributed by atoms with Crippen LogP contribution in [0.4, 0.5) is 0 Å². The van der Waals surface area contributed by atoms with Gasteiger partial charge in [-0.3, -0.25) is 0 Å². The van der Waals surface area contributed by atoms with Gasteiger partial charge in [0.1, 0.15) is 0 Å². The highest BCUT2D eigenvalue weighted by atomic mass is 35.5. The zero-order valence-corrected chi connectivity index (χ0v) is 9.84. The van der Waals surface area contributed by atoms with Crippen LogP contribution in [-0.4, -0.2) is 57.6 Å². The van der Waals surface area contributed by atoms with Gasteiger partial charge in [0, 0.05) is 0 Å². The standard InChI is InChI=1S/2C3H9N.2ClH.H2O/c2*1-4(2)3;;;/h2*1-3H3;2*1H;1H2. The molecule has 0 saturated heterocycles. The van der Waals surface area contributed by atoms with E-state index in [-0.39, 0.29) is 30.3 Å². The van der Waals surface area contributed by atoms with E-state index in [0.29, 0.717) is 0 Å². The molecule has 0 heterocycles. The van der Waals surface area contributed by atoms with Crippen LogP contribution in [0.1, 0.15) is 0 Å². The Balaban J connectivity index is -0.0000000171. The predicted molar refractivity (Wildman–Crippen MR) is 57.3 cm³/mol. The molecule has 0 atom stereocenters. The molecule has 0 aromatic rings. The lowest BCUT2D eigenvalue weighted by Crippen LogP contribution is -1.99. The minimum atomic E-state index is 0. The fourth-order valence-corrected chi connectivity index (χ4v) is 0. The molecule has 0 aliphatic heterocycles. The van der Waals surface area contributed by atoms with Crippen LogP contribution in [0.2, 0.25) is 0 Å². The summed E-state index contributed by atoms with van der Waals surface area (Å²) in [5.41, 5.74) is 0. The maximum Gasteiger partial charge on any atom is -0.0140 e. The van der Waals surface area contributed by atoms with Gasteiger partial charge in [-0.25, -0.2) is 0 Å². The first-order chi connectivity index (χ1) is 3.46. The van der Waals surface area contributed by atoms with Crippen molar-refractivity contribution >= 4 is 24.8 Å². The Bertz CT molecular complexity index is 34.1. The molecule has 0 aromatic carbocycles. The molecule has 0 bridgehead atoms. The molecule has 0 fully saturated rings. The van der Waals surface area contributed by atoms with Crippen molar-refractivity contribution in [2.75, 3.05) is 42.3 Å². The monoisotopic (exact) mass is 208 g/mol. The Hall–Kier alpha value is 0.460. The zero-order chi connectivity index (χ0) is 7.15. The third-order valence-corrected chi connectivity index (χ3v) is 0. The van der Waals surface area contributed by atoms with Gasteiger partial charge in [-0.2, -0.15) is 0 Å². The molecular weight excluding hydrogens is 187 g/mol. The van der Waals surface area contributed by atoms with E-state index in [1.54, 1.807) is 0 Å². The van der Waals surface area contributed by atoms with Crippen molar-refractivity contribution in [2.24, 2.45) is 0 Å². The average molecular weight is 209 g/mol. The van der Waals surface area contributed by atoms with Crippen LogP contribution in [0.15, 0.2) is 0 Å². The lowest BCUT2D eigenvalue weighted by atomic mass is 11.0. The van der Waals surface area contributed by atoms with Gasteiger partial charge in [-0.1, -0.05) is 0 Å². The van der Waals surface area contributed by atoms with E-state index in [2.05, 4.69) is 0 Å². The van der Waals surface area contributed by atoms with Gasteiger partial charge in [-0.15, -0.1) is 24.8 Å². The first-order valence-electron chi connectivity index (χ1n) is 2.68. The average Bonchev–Trinajstić information content (AvgIpc) is 1.25. The van der Waals surface area contributed by atoms with Crippen molar-refractivity contribution in [3.05, 3.63) is 0 Å². The fourth-order valence-electron chi connectivity index (χ4n) is 0. The lowest BCUT2D eigenvalue weighted by Gasteiger charge is -1.90. The molecule has 0 unspecified atom stereocenters. The molecule has 0 rings (SSSR count). The topological polar surface area (TPSA) is 38.0 Å². The molecule has 5 heteroatoms. The third kappa shape index (κ3) is 3540. The zero-order valence-electron chi connectivity index (χ0n) is 8.21. The molecule has 3 nitrogen and oxygen atoms in total. The summed E-state index contributed by atoms with van der Waals surface area (Å²) in [7, 11) is 12.0. The molecule has 0 aromatic heterocycles. The molecule has 0 saturated carbocycles. The molecular formula is C6H22Cl2N2O. The molecule has 2 N–H and O–H groups in total. The summed E-state index contributed by atoms with van der Waals surface area (Å²) < 4.78 is 0.